The van der Waals surface area contributed by atoms with Crippen LogP contribution < -0.4 is 10.6 Å². The minimum atomic E-state index is -0.579. The highest BCUT2D eigenvalue weighted by atomic mass is 16.6. The van der Waals surface area contributed by atoms with Crippen molar-refractivity contribution in [2.24, 2.45) is 0 Å². The first-order valence-corrected chi connectivity index (χ1v) is 12.3. The van der Waals surface area contributed by atoms with Crippen molar-refractivity contribution in [3.05, 3.63) is 71.4 Å². The number of amides is 2. The molecular weight excluding hydrogens is 476 g/mol. The van der Waals surface area contributed by atoms with E-state index in [1.807, 2.05) is 54.6 Å². The lowest BCUT2D eigenvalue weighted by Crippen LogP contribution is -2.42. The standard InChI is InChI=1S/C27H32N4O6/c1-36-26(34)23-17-31(15-16-32)25(33)24(23)29-21-9-7-20(8-10-21)28-22-11-13-30(14-12-22)27(35)37-18-19-5-3-2-4-6-19/h2-10,22,28-29,32H,11-18H2,1H3. The van der Waals surface area contributed by atoms with Crippen molar-refractivity contribution >= 4 is 29.3 Å². The van der Waals surface area contributed by atoms with Crippen LogP contribution in [0.2, 0.25) is 0 Å². The van der Waals surface area contributed by atoms with E-state index in [0.717, 1.165) is 24.1 Å². The Hall–Kier alpha value is -4.05. The summed E-state index contributed by atoms with van der Waals surface area (Å²) in [5, 5.41) is 15.7. The van der Waals surface area contributed by atoms with Gasteiger partial charge in [-0.1, -0.05) is 30.3 Å². The number of carbonyl (C=O) groups is 3. The van der Waals surface area contributed by atoms with Crippen molar-refractivity contribution in [3.63, 3.8) is 0 Å². The zero-order valence-corrected chi connectivity index (χ0v) is 20.8. The topological polar surface area (TPSA) is 120 Å². The molecule has 0 aromatic heterocycles. The molecule has 2 aliphatic heterocycles. The van der Waals surface area contributed by atoms with Crippen LogP contribution in [0.5, 0.6) is 0 Å². The highest BCUT2D eigenvalue weighted by Crippen LogP contribution is 2.24. The second-order valence-corrected chi connectivity index (χ2v) is 8.94. The lowest BCUT2D eigenvalue weighted by molar-refractivity contribution is -0.136. The number of nitrogens with zero attached hydrogens (tertiary/aromatic N) is 2. The van der Waals surface area contributed by atoms with Crippen LogP contribution in [0, 0.1) is 0 Å². The molecule has 196 valence electrons. The van der Waals surface area contributed by atoms with E-state index in [1.165, 1.54) is 12.0 Å². The molecule has 0 spiro atoms. The predicted molar refractivity (Wildman–Crippen MR) is 138 cm³/mol. The highest BCUT2D eigenvalue weighted by Gasteiger charge is 2.34. The third-order valence-electron chi connectivity index (χ3n) is 6.44. The monoisotopic (exact) mass is 508 g/mol. The van der Waals surface area contributed by atoms with Gasteiger partial charge >= 0.3 is 12.1 Å². The first kappa shape index (κ1) is 26.0. The van der Waals surface area contributed by atoms with Crippen molar-refractivity contribution in [2.45, 2.75) is 25.5 Å². The molecule has 0 atom stereocenters. The number of carbonyl (C=O) groups excluding carboxylic acids is 3. The molecule has 3 N–H and O–H groups in total. The normalized spacial score (nSPS) is 16.1. The van der Waals surface area contributed by atoms with Gasteiger partial charge in [0, 0.05) is 37.1 Å². The first-order valence-electron chi connectivity index (χ1n) is 12.3. The van der Waals surface area contributed by atoms with E-state index < -0.39 is 5.97 Å². The summed E-state index contributed by atoms with van der Waals surface area (Å²) in [6.07, 6.45) is 1.30. The number of hydrogen-bond donors (Lipinski definition) is 3. The van der Waals surface area contributed by atoms with Gasteiger partial charge in [0.1, 0.15) is 12.3 Å². The second kappa shape index (κ2) is 12.3. The van der Waals surface area contributed by atoms with Crippen molar-refractivity contribution in [3.8, 4) is 0 Å². The Labute approximate surface area is 215 Å². The molecule has 0 aliphatic carbocycles. The summed E-state index contributed by atoms with van der Waals surface area (Å²) in [6.45, 7) is 1.52. The summed E-state index contributed by atoms with van der Waals surface area (Å²) >= 11 is 0. The summed E-state index contributed by atoms with van der Waals surface area (Å²) < 4.78 is 10.2. The maximum Gasteiger partial charge on any atom is 0.410 e. The molecule has 10 nitrogen and oxygen atoms in total. The summed E-state index contributed by atoms with van der Waals surface area (Å²) in [4.78, 5) is 40.4. The molecule has 0 unspecified atom stereocenters. The van der Waals surface area contributed by atoms with Crippen molar-refractivity contribution in [2.75, 3.05) is 50.5 Å². The lowest BCUT2D eigenvalue weighted by Gasteiger charge is -2.32. The molecule has 2 aliphatic rings. The summed E-state index contributed by atoms with van der Waals surface area (Å²) in [6, 6.07) is 17.3. The Bertz CT molecular complexity index is 1130. The van der Waals surface area contributed by atoms with Crippen molar-refractivity contribution in [1.29, 1.82) is 0 Å². The Morgan fingerprint density at radius 1 is 1.03 bits per heavy atom. The Morgan fingerprint density at radius 2 is 1.70 bits per heavy atom. The smallest absolute Gasteiger partial charge is 0.410 e. The van der Waals surface area contributed by atoms with E-state index in [2.05, 4.69) is 10.6 Å². The van der Waals surface area contributed by atoms with Gasteiger partial charge in [0.05, 0.1) is 25.8 Å². The number of likely N-dealkylation sites (tertiary alicyclic amines) is 1. The van der Waals surface area contributed by atoms with Gasteiger partial charge in [0.2, 0.25) is 0 Å². The summed E-state index contributed by atoms with van der Waals surface area (Å²) in [5.74, 6) is -0.935. The molecule has 0 bridgehead atoms. The number of rotatable bonds is 9. The number of esters is 1. The van der Waals surface area contributed by atoms with Crippen molar-refractivity contribution in [1.82, 2.24) is 9.80 Å². The third kappa shape index (κ3) is 6.59. The van der Waals surface area contributed by atoms with E-state index >= 15 is 0 Å². The summed E-state index contributed by atoms with van der Waals surface area (Å²) in [5.41, 5.74) is 2.92. The molecule has 2 aromatic carbocycles. The molecule has 2 amide bonds. The minimum Gasteiger partial charge on any atom is -0.466 e. The average Bonchev–Trinajstić information content (AvgIpc) is 3.23. The van der Waals surface area contributed by atoms with Crippen LogP contribution in [-0.2, 0) is 25.7 Å². The Morgan fingerprint density at radius 3 is 2.35 bits per heavy atom. The number of anilines is 2. The van der Waals surface area contributed by atoms with Crippen LogP contribution in [-0.4, -0.2) is 78.8 Å². The van der Waals surface area contributed by atoms with E-state index in [4.69, 9.17) is 9.47 Å². The molecule has 10 heteroatoms. The molecule has 1 saturated heterocycles. The van der Waals surface area contributed by atoms with Gasteiger partial charge in [0.25, 0.3) is 5.91 Å². The largest absolute Gasteiger partial charge is 0.466 e. The molecule has 2 heterocycles. The van der Waals surface area contributed by atoms with Crippen molar-refractivity contribution < 1.29 is 29.0 Å². The number of β-amino-alcohol motifs (C(OH)–C–C–N with tert-alkyl or cyclic N) is 1. The summed E-state index contributed by atoms with van der Waals surface area (Å²) in [7, 11) is 1.27. The van der Waals surface area contributed by atoms with E-state index in [1.54, 1.807) is 4.90 Å². The number of ether oxygens (including phenoxy) is 2. The van der Waals surface area contributed by atoms with Crippen LogP contribution in [0.4, 0.5) is 16.2 Å². The van der Waals surface area contributed by atoms with Crippen LogP contribution in [0.1, 0.15) is 18.4 Å². The zero-order chi connectivity index (χ0) is 26.2. The van der Waals surface area contributed by atoms with Crippen LogP contribution in [0.3, 0.4) is 0 Å². The molecule has 1 fully saturated rings. The van der Waals surface area contributed by atoms with Gasteiger partial charge in [0.15, 0.2) is 0 Å². The third-order valence-corrected chi connectivity index (χ3v) is 6.44. The SMILES string of the molecule is COC(=O)C1=C(Nc2ccc(NC3CCN(C(=O)OCc4ccccc4)CC3)cc2)C(=O)N(CCO)C1. The maximum atomic E-state index is 12.7. The number of aliphatic hydroxyl groups is 1. The Balaban J connectivity index is 1.27. The fraction of sp³-hybridized carbons (Fsp3) is 0.370. The molecular formula is C27H32N4O6. The predicted octanol–water partition coefficient (Wildman–Crippen LogP) is 2.57. The van der Waals surface area contributed by atoms with E-state index in [9.17, 15) is 19.5 Å². The first-order chi connectivity index (χ1) is 18.0. The molecule has 2 aromatic rings. The minimum absolute atomic E-state index is 0.0898. The van der Waals surface area contributed by atoms with Gasteiger partial charge in [-0.2, -0.15) is 0 Å². The maximum absolute atomic E-state index is 12.7. The molecule has 4 rings (SSSR count). The second-order valence-electron chi connectivity index (χ2n) is 8.94. The van der Waals surface area contributed by atoms with Crippen LogP contribution in [0.25, 0.3) is 0 Å². The van der Waals surface area contributed by atoms with Gasteiger partial charge < -0.3 is 35.0 Å². The Kier molecular flexibility index (Phi) is 8.63. The fourth-order valence-corrected chi connectivity index (χ4v) is 4.40. The van der Waals surface area contributed by atoms with Gasteiger partial charge in [-0.15, -0.1) is 0 Å². The van der Waals surface area contributed by atoms with Gasteiger partial charge in [-0.05, 0) is 42.7 Å². The quantitative estimate of drug-likeness (QED) is 0.442. The number of aliphatic hydroxyl groups excluding tert-OH is 1. The van der Waals surface area contributed by atoms with Gasteiger partial charge in [-0.25, -0.2) is 9.59 Å². The number of nitrogens with one attached hydrogen (secondary N) is 2. The molecule has 0 radical (unpaired) electrons. The average molecular weight is 509 g/mol. The number of methoxy groups -OCH3 is 1. The fourth-order valence-electron chi connectivity index (χ4n) is 4.40. The van der Waals surface area contributed by atoms with E-state index in [0.29, 0.717) is 18.8 Å². The van der Waals surface area contributed by atoms with Crippen LogP contribution in [0.15, 0.2) is 65.9 Å². The number of benzene rings is 2. The van der Waals surface area contributed by atoms with Gasteiger partial charge in [-0.3, -0.25) is 4.79 Å². The molecule has 0 saturated carbocycles. The number of hydrogen-bond acceptors (Lipinski definition) is 8. The molecule has 37 heavy (non-hydrogen) atoms. The zero-order valence-electron chi connectivity index (χ0n) is 20.8. The number of piperidine rings is 1. The van der Waals surface area contributed by atoms with E-state index in [-0.39, 0.29) is 55.6 Å². The van der Waals surface area contributed by atoms with Crippen LogP contribution >= 0.6 is 0 Å². The lowest BCUT2D eigenvalue weighted by atomic mass is 10.0. The highest BCUT2D eigenvalue weighted by molar-refractivity contribution is 6.08.